The van der Waals surface area contributed by atoms with E-state index in [1.807, 2.05) is 6.08 Å². The van der Waals surface area contributed by atoms with E-state index < -0.39 is 0 Å². The molecule has 0 bridgehead atoms. The molecule has 0 aromatic rings. The molecule has 1 heterocycles. The largest absolute Gasteiger partial charge is 0.380 e. The first-order chi connectivity index (χ1) is 7.34. The molecule has 1 saturated heterocycles. The van der Waals surface area contributed by atoms with Gasteiger partial charge < -0.3 is 14.8 Å². The molecule has 0 aromatic heterocycles. The minimum absolute atomic E-state index is 0.401. The Morgan fingerprint density at radius 3 is 3.13 bits per heavy atom. The summed E-state index contributed by atoms with van der Waals surface area (Å²) >= 11 is 0. The van der Waals surface area contributed by atoms with Gasteiger partial charge in [-0.25, -0.2) is 0 Å². The SMILES string of the molecule is C=CCCOCCNC(C)C1CCCO1. The number of ether oxygens (including phenoxy) is 2. The first-order valence-electron chi connectivity index (χ1n) is 5.88. The summed E-state index contributed by atoms with van der Waals surface area (Å²) in [7, 11) is 0. The summed E-state index contributed by atoms with van der Waals surface area (Å²) in [6.07, 6.45) is 5.60. The lowest BCUT2D eigenvalue weighted by molar-refractivity contribution is 0.0774. The summed E-state index contributed by atoms with van der Waals surface area (Å²) in [5, 5.41) is 3.43. The van der Waals surface area contributed by atoms with Gasteiger partial charge in [0.15, 0.2) is 0 Å². The summed E-state index contributed by atoms with van der Waals surface area (Å²) in [6.45, 7) is 9.20. The predicted octanol–water partition coefficient (Wildman–Crippen LogP) is 1.74. The van der Waals surface area contributed by atoms with Crippen LogP contribution in [-0.4, -0.2) is 38.5 Å². The molecule has 15 heavy (non-hydrogen) atoms. The van der Waals surface area contributed by atoms with Gasteiger partial charge >= 0.3 is 0 Å². The summed E-state index contributed by atoms with van der Waals surface area (Å²) in [6, 6.07) is 0.440. The van der Waals surface area contributed by atoms with Crippen LogP contribution in [0.25, 0.3) is 0 Å². The van der Waals surface area contributed by atoms with Gasteiger partial charge in [0, 0.05) is 19.2 Å². The predicted molar refractivity (Wildman–Crippen MR) is 62.1 cm³/mol. The van der Waals surface area contributed by atoms with Crippen LogP contribution in [0, 0.1) is 0 Å². The second-order valence-electron chi connectivity index (χ2n) is 3.98. The maximum Gasteiger partial charge on any atom is 0.0726 e. The van der Waals surface area contributed by atoms with Gasteiger partial charge in [-0.2, -0.15) is 0 Å². The second-order valence-corrected chi connectivity index (χ2v) is 3.98. The summed E-state index contributed by atoms with van der Waals surface area (Å²) in [5.41, 5.74) is 0. The van der Waals surface area contributed by atoms with E-state index >= 15 is 0 Å². The molecule has 0 radical (unpaired) electrons. The van der Waals surface area contributed by atoms with Crippen molar-refractivity contribution in [2.24, 2.45) is 0 Å². The van der Waals surface area contributed by atoms with Crippen LogP contribution in [0.2, 0.25) is 0 Å². The fourth-order valence-electron chi connectivity index (χ4n) is 1.76. The Bertz CT molecular complexity index is 167. The van der Waals surface area contributed by atoms with E-state index in [1.54, 1.807) is 0 Å². The molecule has 2 atom stereocenters. The third-order valence-electron chi connectivity index (χ3n) is 2.70. The molecule has 0 saturated carbocycles. The molecule has 1 rings (SSSR count). The van der Waals surface area contributed by atoms with Crippen molar-refractivity contribution in [3.8, 4) is 0 Å². The van der Waals surface area contributed by atoms with E-state index in [1.165, 1.54) is 12.8 Å². The Labute approximate surface area is 92.8 Å². The molecule has 88 valence electrons. The molecule has 3 heteroatoms. The third-order valence-corrected chi connectivity index (χ3v) is 2.70. The number of hydrogen-bond donors (Lipinski definition) is 1. The number of nitrogens with one attached hydrogen (secondary N) is 1. The zero-order chi connectivity index (χ0) is 10.9. The maximum atomic E-state index is 5.59. The Morgan fingerprint density at radius 2 is 2.47 bits per heavy atom. The van der Waals surface area contributed by atoms with Crippen molar-refractivity contribution in [2.75, 3.05) is 26.4 Å². The van der Waals surface area contributed by atoms with Gasteiger partial charge in [0.05, 0.1) is 19.3 Å². The summed E-state index contributed by atoms with van der Waals surface area (Å²) in [4.78, 5) is 0. The minimum atomic E-state index is 0.401. The van der Waals surface area contributed by atoms with Crippen LogP contribution in [0.15, 0.2) is 12.7 Å². The normalized spacial score (nSPS) is 22.9. The molecule has 2 unspecified atom stereocenters. The molecule has 1 fully saturated rings. The molecule has 0 aliphatic carbocycles. The molecule has 3 nitrogen and oxygen atoms in total. The fourth-order valence-corrected chi connectivity index (χ4v) is 1.76. The van der Waals surface area contributed by atoms with Gasteiger partial charge in [0.2, 0.25) is 0 Å². The zero-order valence-corrected chi connectivity index (χ0v) is 9.71. The maximum absolute atomic E-state index is 5.59. The highest BCUT2D eigenvalue weighted by Crippen LogP contribution is 2.14. The molecular formula is C12H23NO2. The van der Waals surface area contributed by atoms with Crippen molar-refractivity contribution in [3.63, 3.8) is 0 Å². The third kappa shape index (κ3) is 5.30. The van der Waals surface area contributed by atoms with Crippen LogP contribution in [0.4, 0.5) is 0 Å². The Morgan fingerprint density at radius 1 is 1.60 bits per heavy atom. The Hall–Kier alpha value is -0.380. The van der Waals surface area contributed by atoms with Crippen LogP contribution in [-0.2, 0) is 9.47 Å². The minimum Gasteiger partial charge on any atom is -0.380 e. The fraction of sp³-hybridized carbons (Fsp3) is 0.833. The van der Waals surface area contributed by atoms with Crippen LogP contribution < -0.4 is 5.32 Å². The van der Waals surface area contributed by atoms with Crippen LogP contribution in [0.3, 0.4) is 0 Å². The van der Waals surface area contributed by atoms with Crippen LogP contribution >= 0.6 is 0 Å². The van der Waals surface area contributed by atoms with Crippen LogP contribution in [0.1, 0.15) is 26.2 Å². The topological polar surface area (TPSA) is 30.5 Å². The first-order valence-corrected chi connectivity index (χ1v) is 5.88. The molecule has 1 aliphatic rings. The van der Waals surface area contributed by atoms with Crippen molar-refractivity contribution in [1.82, 2.24) is 5.32 Å². The molecule has 1 N–H and O–H groups in total. The zero-order valence-electron chi connectivity index (χ0n) is 9.71. The molecule has 0 spiro atoms. The van der Waals surface area contributed by atoms with Gasteiger partial charge in [0.25, 0.3) is 0 Å². The van der Waals surface area contributed by atoms with Crippen molar-refractivity contribution in [3.05, 3.63) is 12.7 Å². The quantitative estimate of drug-likeness (QED) is 0.492. The van der Waals surface area contributed by atoms with Gasteiger partial charge in [-0.1, -0.05) is 6.08 Å². The standard InChI is InChI=1S/C12H23NO2/c1-3-4-8-14-10-7-13-11(2)12-6-5-9-15-12/h3,11-13H,1,4-10H2,2H3. The highest BCUT2D eigenvalue weighted by molar-refractivity contribution is 4.76. The van der Waals surface area contributed by atoms with Crippen molar-refractivity contribution in [2.45, 2.75) is 38.3 Å². The molecule has 1 aliphatic heterocycles. The first kappa shape index (κ1) is 12.7. The average Bonchev–Trinajstić information content (AvgIpc) is 2.76. The van der Waals surface area contributed by atoms with E-state index in [0.717, 1.165) is 32.8 Å². The number of rotatable bonds is 8. The van der Waals surface area contributed by atoms with Crippen molar-refractivity contribution < 1.29 is 9.47 Å². The lowest BCUT2D eigenvalue weighted by Gasteiger charge is -2.19. The Kier molecular flexibility index (Phi) is 6.64. The van der Waals surface area contributed by atoms with E-state index in [4.69, 9.17) is 9.47 Å². The molecule has 0 aromatic carbocycles. The average molecular weight is 213 g/mol. The van der Waals surface area contributed by atoms with Gasteiger partial charge in [-0.15, -0.1) is 6.58 Å². The van der Waals surface area contributed by atoms with Crippen LogP contribution in [0.5, 0.6) is 0 Å². The molecule has 0 amide bonds. The monoisotopic (exact) mass is 213 g/mol. The van der Waals surface area contributed by atoms with Crippen molar-refractivity contribution in [1.29, 1.82) is 0 Å². The highest BCUT2D eigenvalue weighted by atomic mass is 16.5. The van der Waals surface area contributed by atoms with Gasteiger partial charge in [-0.05, 0) is 26.2 Å². The van der Waals surface area contributed by atoms with Crippen molar-refractivity contribution >= 4 is 0 Å². The van der Waals surface area contributed by atoms with E-state index in [2.05, 4.69) is 18.8 Å². The molecular weight excluding hydrogens is 190 g/mol. The van der Waals surface area contributed by atoms with E-state index in [-0.39, 0.29) is 0 Å². The lowest BCUT2D eigenvalue weighted by atomic mass is 10.1. The summed E-state index contributed by atoms with van der Waals surface area (Å²) in [5.74, 6) is 0. The highest BCUT2D eigenvalue weighted by Gasteiger charge is 2.21. The van der Waals surface area contributed by atoms with E-state index in [9.17, 15) is 0 Å². The van der Waals surface area contributed by atoms with Gasteiger partial charge in [-0.3, -0.25) is 0 Å². The number of hydrogen-bond acceptors (Lipinski definition) is 3. The van der Waals surface area contributed by atoms with Gasteiger partial charge in [0.1, 0.15) is 0 Å². The van der Waals surface area contributed by atoms with E-state index in [0.29, 0.717) is 12.1 Å². The smallest absolute Gasteiger partial charge is 0.0726 e. The second kappa shape index (κ2) is 7.85. The Balaban J connectivity index is 1.92. The lowest BCUT2D eigenvalue weighted by Crippen LogP contribution is -2.38. The summed E-state index contributed by atoms with van der Waals surface area (Å²) < 4.78 is 11.0.